The second kappa shape index (κ2) is 3.93. The van der Waals surface area contributed by atoms with Crippen LogP contribution in [0.3, 0.4) is 0 Å². The second-order valence-corrected chi connectivity index (χ2v) is 3.00. The number of halogens is 1. The van der Waals surface area contributed by atoms with E-state index in [2.05, 4.69) is 11.8 Å². The van der Waals surface area contributed by atoms with Crippen molar-refractivity contribution >= 4 is 17.0 Å². The summed E-state index contributed by atoms with van der Waals surface area (Å²) in [5, 5.41) is -0.319. The predicted octanol–water partition coefficient (Wildman–Crippen LogP) is 0.983. The molecule has 3 nitrogen and oxygen atoms in total. The Kier molecular flexibility index (Phi) is 3.15. The first kappa shape index (κ1) is 8.81. The molecule has 0 aromatic carbocycles. The average Bonchev–Trinajstić information content (AvgIpc) is 2.05. The number of carbonyl (C=O) groups excluding carboxylic acids is 1. The van der Waals surface area contributed by atoms with Crippen LogP contribution in [0.2, 0.25) is 0 Å². The molecule has 0 atom stereocenters. The van der Waals surface area contributed by atoms with E-state index in [1.165, 1.54) is 0 Å². The van der Waals surface area contributed by atoms with E-state index in [1.807, 2.05) is 0 Å². The highest BCUT2D eigenvalue weighted by Crippen LogP contribution is 2.03. The zero-order valence-electron chi connectivity index (χ0n) is 6.72. The summed E-state index contributed by atoms with van der Waals surface area (Å²) >= 11 is 5.32. The van der Waals surface area contributed by atoms with E-state index in [0.29, 0.717) is 0 Å². The maximum atomic E-state index is 10.7. The molecule has 0 bridgehead atoms. The fraction of sp³-hybridized carbons (Fsp3) is 0.857. The Balaban J connectivity index is 2.30. The van der Waals surface area contributed by atoms with Gasteiger partial charge in [-0.15, -0.1) is 0 Å². The summed E-state index contributed by atoms with van der Waals surface area (Å²) in [5.74, 6) is 0. The normalized spacial score (nSPS) is 20.4. The Hall–Kier alpha value is -0.280. The van der Waals surface area contributed by atoms with Gasteiger partial charge in [-0.05, 0) is 18.1 Å². The lowest BCUT2D eigenvalue weighted by Crippen LogP contribution is -2.46. The summed E-state index contributed by atoms with van der Waals surface area (Å²) < 4.78 is 0. The molecule has 64 valence electrons. The summed E-state index contributed by atoms with van der Waals surface area (Å²) in [7, 11) is 0. The van der Waals surface area contributed by atoms with Crippen molar-refractivity contribution in [3.63, 3.8) is 0 Å². The highest BCUT2D eigenvalue weighted by molar-refractivity contribution is 6.62. The third-order valence-corrected chi connectivity index (χ3v) is 2.31. The number of likely N-dealkylation sites (N-methyl/N-ethyl adjacent to an activating group) is 1. The average molecular weight is 177 g/mol. The van der Waals surface area contributed by atoms with Gasteiger partial charge in [0.25, 0.3) is 0 Å². The van der Waals surface area contributed by atoms with Crippen molar-refractivity contribution in [1.29, 1.82) is 0 Å². The van der Waals surface area contributed by atoms with E-state index in [9.17, 15) is 4.79 Å². The fourth-order valence-corrected chi connectivity index (χ4v) is 1.41. The molecule has 1 aliphatic heterocycles. The number of nitrogens with zero attached hydrogens (tertiary/aromatic N) is 2. The lowest BCUT2D eigenvalue weighted by atomic mass is 10.3. The van der Waals surface area contributed by atoms with E-state index in [0.717, 1.165) is 32.7 Å². The number of amides is 1. The molecule has 1 fully saturated rings. The molecule has 0 aromatic rings. The fourth-order valence-electron chi connectivity index (χ4n) is 1.24. The number of piperazine rings is 1. The molecule has 1 aliphatic rings. The summed E-state index contributed by atoms with van der Waals surface area (Å²) in [4.78, 5) is 14.6. The van der Waals surface area contributed by atoms with E-state index >= 15 is 0 Å². The Morgan fingerprint density at radius 2 is 1.91 bits per heavy atom. The van der Waals surface area contributed by atoms with Crippen molar-refractivity contribution in [3.05, 3.63) is 0 Å². The molecule has 4 heteroatoms. The number of carbonyl (C=O) groups is 1. The summed E-state index contributed by atoms with van der Waals surface area (Å²) in [6, 6.07) is 0. The molecule has 1 heterocycles. The largest absolute Gasteiger partial charge is 0.327 e. The molecule has 1 rings (SSSR count). The summed E-state index contributed by atoms with van der Waals surface area (Å²) in [5.41, 5.74) is 0. The van der Waals surface area contributed by atoms with Crippen LogP contribution in [-0.4, -0.2) is 47.9 Å². The van der Waals surface area contributed by atoms with Gasteiger partial charge in [-0.1, -0.05) is 6.92 Å². The Bertz CT molecular complexity index is 143. The van der Waals surface area contributed by atoms with Crippen LogP contribution < -0.4 is 0 Å². The minimum Gasteiger partial charge on any atom is -0.327 e. The Labute approximate surface area is 71.9 Å². The van der Waals surface area contributed by atoms with Crippen molar-refractivity contribution in [2.24, 2.45) is 0 Å². The zero-order valence-corrected chi connectivity index (χ0v) is 7.47. The third kappa shape index (κ3) is 2.34. The Morgan fingerprint density at radius 3 is 2.27 bits per heavy atom. The number of hydrogen-bond donors (Lipinski definition) is 0. The van der Waals surface area contributed by atoms with Crippen LogP contribution in [0.25, 0.3) is 0 Å². The zero-order chi connectivity index (χ0) is 8.27. The minimum atomic E-state index is -0.319. The van der Waals surface area contributed by atoms with Gasteiger partial charge in [0.2, 0.25) is 0 Å². The van der Waals surface area contributed by atoms with Crippen LogP contribution >= 0.6 is 11.6 Å². The molecule has 11 heavy (non-hydrogen) atoms. The quantitative estimate of drug-likeness (QED) is 0.439. The predicted molar refractivity (Wildman–Crippen MR) is 44.9 cm³/mol. The van der Waals surface area contributed by atoms with Crippen LogP contribution in [-0.2, 0) is 0 Å². The lowest BCUT2D eigenvalue weighted by molar-refractivity contribution is 0.157. The molecule has 0 spiro atoms. The van der Waals surface area contributed by atoms with Crippen LogP contribution in [0.4, 0.5) is 4.79 Å². The molecule has 0 radical (unpaired) electrons. The maximum Gasteiger partial charge on any atom is 0.316 e. The van der Waals surface area contributed by atoms with Crippen molar-refractivity contribution in [3.8, 4) is 0 Å². The number of hydrogen-bond acceptors (Lipinski definition) is 2. The third-order valence-electron chi connectivity index (χ3n) is 2.07. The minimum absolute atomic E-state index is 0.319. The van der Waals surface area contributed by atoms with Crippen molar-refractivity contribution < 1.29 is 4.79 Å². The van der Waals surface area contributed by atoms with Gasteiger partial charge in [0.15, 0.2) is 0 Å². The SMILES string of the molecule is CCN1CCN(C(=O)Cl)CC1. The molecule has 0 saturated carbocycles. The van der Waals surface area contributed by atoms with E-state index in [1.54, 1.807) is 4.90 Å². The first-order valence-electron chi connectivity index (χ1n) is 3.90. The number of rotatable bonds is 1. The maximum absolute atomic E-state index is 10.7. The van der Waals surface area contributed by atoms with Crippen LogP contribution in [0, 0.1) is 0 Å². The molecule has 1 amide bonds. The highest BCUT2D eigenvalue weighted by Gasteiger charge is 2.17. The van der Waals surface area contributed by atoms with Gasteiger partial charge in [0, 0.05) is 26.2 Å². The second-order valence-electron chi connectivity index (χ2n) is 2.67. The summed E-state index contributed by atoms with van der Waals surface area (Å²) in [6.45, 7) is 6.64. The molecular weight excluding hydrogens is 164 g/mol. The first-order chi connectivity index (χ1) is 5.24. The molecule has 0 N–H and O–H groups in total. The van der Waals surface area contributed by atoms with Gasteiger partial charge >= 0.3 is 5.37 Å². The van der Waals surface area contributed by atoms with Crippen LogP contribution in [0.15, 0.2) is 0 Å². The van der Waals surface area contributed by atoms with Crippen molar-refractivity contribution in [2.45, 2.75) is 6.92 Å². The first-order valence-corrected chi connectivity index (χ1v) is 4.28. The standard InChI is InChI=1S/C7H13ClN2O/c1-2-9-3-5-10(6-4-9)7(8)11/h2-6H2,1H3. The van der Waals surface area contributed by atoms with E-state index < -0.39 is 0 Å². The van der Waals surface area contributed by atoms with Gasteiger partial charge < -0.3 is 9.80 Å². The van der Waals surface area contributed by atoms with Crippen molar-refractivity contribution in [2.75, 3.05) is 32.7 Å². The molecule has 0 unspecified atom stereocenters. The molecule has 1 saturated heterocycles. The summed E-state index contributed by atoms with van der Waals surface area (Å²) in [6.07, 6.45) is 0. The van der Waals surface area contributed by atoms with Gasteiger partial charge in [0.05, 0.1) is 0 Å². The topological polar surface area (TPSA) is 23.6 Å². The van der Waals surface area contributed by atoms with E-state index in [4.69, 9.17) is 11.6 Å². The lowest BCUT2D eigenvalue weighted by Gasteiger charge is -2.32. The highest BCUT2D eigenvalue weighted by atomic mass is 35.5. The molecular formula is C7H13ClN2O. The smallest absolute Gasteiger partial charge is 0.316 e. The van der Waals surface area contributed by atoms with Gasteiger partial charge in [-0.3, -0.25) is 4.79 Å². The Morgan fingerprint density at radius 1 is 1.36 bits per heavy atom. The van der Waals surface area contributed by atoms with Gasteiger partial charge in [-0.25, -0.2) is 0 Å². The molecule has 0 aromatic heterocycles. The van der Waals surface area contributed by atoms with Gasteiger partial charge in [0.1, 0.15) is 0 Å². The van der Waals surface area contributed by atoms with Crippen molar-refractivity contribution in [1.82, 2.24) is 9.80 Å². The van der Waals surface area contributed by atoms with Gasteiger partial charge in [-0.2, -0.15) is 0 Å². The monoisotopic (exact) mass is 176 g/mol. The van der Waals surface area contributed by atoms with Crippen LogP contribution in [0.5, 0.6) is 0 Å². The van der Waals surface area contributed by atoms with Crippen LogP contribution in [0.1, 0.15) is 6.92 Å². The van der Waals surface area contributed by atoms with E-state index in [-0.39, 0.29) is 5.37 Å². The molecule has 0 aliphatic carbocycles.